The minimum absolute atomic E-state index is 0.0658. The standard InChI is InChI=1S/C19H19BrClNO4/c1-12(2)22(19(25)26-11-13-6-4-3-5-7-13)17(18(23)24)14-8-9-15(20)16(21)10-14/h3-10,12,17H,11H2,1-2H3,(H,23,24). The first-order chi connectivity index (χ1) is 12.3. The van der Waals surface area contributed by atoms with Gasteiger partial charge in [-0.25, -0.2) is 9.59 Å². The highest BCUT2D eigenvalue weighted by atomic mass is 79.9. The Hall–Kier alpha value is -2.05. The number of aliphatic carboxylic acids is 1. The molecule has 0 heterocycles. The van der Waals surface area contributed by atoms with E-state index in [-0.39, 0.29) is 12.6 Å². The van der Waals surface area contributed by atoms with E-state index in [2.05, 4.69) is 15.9 Å². The van der Waals surface area contributed by atoms with Crippen LogP contribution < -0.4 is 0 Å². The molecule has 0 aliphatic rings. The number of carboxylic acid groups (broad SMARTS) is 1. The summed E-state index contributed by atoms with van der Waals surface area (Å²) in [4.78, 5) is 25.7. The van der Waals surface area contributed by atoms with Crippen LogP contribution in [-0.2, 0) is 16.1 Å². The zero-order valence-electron chi connectivity index (χ0n) is 14.4. The summed E-state index contributed by atoms with van der Waals surface area (Å²) in [6, 6.07) is 12.4. The minimum atomic E-state index is -1.20. The van der Waals surface area contributed by atoms with Crippen LogP contribution in [0, 0.1) is 0 Å². The number of nitrogens with zero attached hydrogens (tertiary/aromatic N) is 1. The minimum Gasteiger partial charge on any atom is -0.479 e. The first kappa shape index (κ1) is 20.3. The van der Waals surface area contributed by atoms with Gasteiger partial charge in [0.1, 0.15) is 6.61 Å². The fraction of sp³-hybridized carbons (Fsp3) is 0.263. The maximum absolute atomic E-state index is 12.6. The fourth-order valence-corrected chi connectivity index (χ4v) is 2.95. The number of carbonyl (C=O) groups is 2. The van der Waals surface area contributed by atoms with Crippen molar-refractivity contribution in [1.82, 2.24) is 4.90 Å². The van der Waals surface area contributed by atoms with E-state index in [1.165, 1.54) is 11.0 Å². The van der Waals surface area contributed by atoms with E-state index in [1.54, 1.807) is 26.0 Å². The Morgan fingerprint density at radius 2 is 1.85 bits per heavy atom. The van der Waals surface area contributed by atoms with Crippen molar-refractivity contribution in [2.75, 3.05) is 0 Å². The van der Waals surface area contributed by atoms with Gasteiger partial charge in [0, 0.05) is 10.5 Å². The largest absolute Gasteiger partial charge is 0.479 e. The van der Waals surface area contributed by atoms with Gasteiger partial charge in [-0.2, -0.15) is 0 Å². The van der Waals surface area contributed by atoms with Gasteiger partial charge >= 0.3 is 12.1 Å². The van der Waals surface area contributed by atoms with Crippen LogP contribution in [0.4, 0.5) is 4.79 Å². The third kappa shape index (κ3) is 4.99. The number of halogens is 2. The van der Waals surface area contributed by atoms with Crippen molar-refractivity contribution in [3.05, 3.63) is 69.2 Å². The zero-order chi connectivity index (χ0) is 19.3. The third-order valence-electron chi connectivity index (χ3n) is 3.74. The maximum Gasteiger partial charge on any atom is 0.411 e. The first-order valence-corrected chi connectivity index (χ1v) is 9.15. The molecule has 1 amide bonds. The second-order valence-electron chi connectivity index (χ2n) is 5.96. The van der Waals surface area contributed by atoms with Gasteiger partial charge in [-0.15, -0.1) is 0 Å². The second-order valence-corrected chi connectivity index (χ2v) is 7.22. The molecule has 2 rings (SSSR count). The van der Waals surface area contributed by atoms with Crippen molar-refractivity contribution in [3.63, 3.8) is 0 Å². The van der Waals surface area contributed by atoms with Crippen LogP contribution in [0.1, 0.15) is 31.0 Å². The Labute approximate surface area is 165 Å². The predicted octanol–water partition coefficient (Wildman–Crippen LogP) is 5.28. The topological polar surface area (TPSA) is 66.8 Å². The van der Waals surface area contributed by atoms with Crippen molar-refractivity contribution in [2.24, 2.45) is 0 Å². The van der Waals surface area contributed by atoms with Gasteiger partial charge in [0.05, 0.1) is 5.02 Å². The zero-order valence-corrected chi connectivity index (χ0v) is 16.7. The molecule has 0 aliphatic heterocycles. The summed E-state index contributed by atoms with van der Waals surface area (Å²) in [5, 5.41) is 10.1. The van der Waals surface area contributed by atoms with Crippen molar-refractivity contribution in [3.8, 4) is 0 Å². The summed E-state index contributed by atoms with van der Waals surface area (Å²) in [6.45, 7) is 3.54. The highest BCUT2D eigenvalue weighted by molar-refractivity contribution is 9.10. The molecule has 1 atom stereocenters. The van der Waals surface area contributed by atoms with Gasteiger partial charge in [0.15, 0.2) is 6.04 Å². The van der Waals surface area contributed by atoms with Crippen LogP contribution in [0.5, 0.6) is 0 Å². The summed E-state index contributed by atoms with van der Waals surface area (Å²) in [5.41, 5.74) is 1.22. The van der Waals surface area contributed by atoms with Crippen molar-refractivity contribution >= 4 is 39.6 Å². The van der Waals surface area contributed by atoms with Crippen LogP contribution in [0.2, 0.25) is 5.02 Å². The molecule has 0 radical (unpaired) electrons. The molecule has 5 nitrogen and oxygen atoms in total. The summed E-state index contributed by atoms with van der Waals surface area (Å²) in [5.74, 6) is -1.16. The molecule has 0 fully saturated rings. The molecule has 2 aromatic carbocycles. The Bertz CT molecular complexity index is 782. The molecule has 1 N–H and O–H groups in total. The van der Waals surface area contributed by atoms with E-state index in [0.29, 0.717) is 15.1 Å². The van der Waals surface area contributed by atoms with E-state index >= 15 is 0 Å². The van der Waals surface area contributed by atoms with Gasteiger partial charge in [0.2, 0.25) is 0 Å². The SMILES string of the molecule is CC(C)N(C(=O)OCc1ccccc1)C(C(=O)O)c1ccc(Br)c(Cl)c1. The number of benzene rings is 2. The smallest absolute Gasteiger partial charge is 0.411 e. The Morgan fingerprint density at radius 3 is 2.38 bits per heavy atom. The molecule has 7 heteroatoms. The number of ether oxygens (including phenoxy) is 1. The average molecular weight is 441 g/mol. The second kappa shape index (κ2) is 9.05. The van der Waals surface area contributed by atoms with Crippen LogP contribution in [0.15, 0.2) is 53.0 Å². The summed E-state index contributed by atoms with van der Waals surface area (Å²) >= 11 is 9.37. The highest BCUT2D eigenvalue weighted by Crippen LogP contribution is 2.30. The van der Waals surface area contributed by atoms with E-state index in [4.69, 9.17) is 16.3 Å². The summed E-state index contributed by atoms with van der Waals surface area (Å²) in [6.07, 6.45) is -0.699. The molecule has 0 aliphatic carbocycles. The summed E-state index contributed by atoms with van der Waals surface area (Å²) in [7, 11) is 0. The van der Waals surface area contributed by atoms with E-state index in [1.807, 2.05) is 30.3 Å². The maximum atomic E-state index is 12.6. The molecule has 1 unspecified atom stereocenters. The normalized spacial score (nSPS) is 11.9. The molecular formula is C19H19BrClNO4. The van der Waals surface area contributed by atoms with Gasteiger partial charge < -0.3 is 9.84 Å². The van der Waals surface area contributed by atoms with E-state index in [0.717, 1.165) is 5.56 Å². The highest BCUT2D eigenvalue weighted by Gasteiger charge is 2.34. The third-order valence-corrected chi connectivity index (χ3v) is 4.98. The number of rotatable bonds is 6. The number of hydrogen-bond donors (Lipinski definition) is 1. The molecule has 2 aromatic rings. The molecule has 26 heavy (non-hydrogen) atoms. The first-order valence-electron chi connectivity index (χ1n) is 7.98. The molecular weight excluding hydrogens is 422 g/mol. The van der Waals surface area contributed by atoms with Crippen molar-refractivity contribution in [2.45, 2.75) is 32.5 Å². The van der Waals surface area contributed by atoms with E-state index < -0.39 is 18.1 Å². The Kier molecular flexibility index (Phi) is 7.06. The summed E-state index contributed by atoms with van der Waals surface area (Å²) < 4.78 is 5.99. The lowest BCUT2D eigenvalue weighted by Crippen LogP contribution is -2.43. The molecule has 138 valence electrons. The lowest BCUT2D eigenvalue weighted by atomic mass is 10.0. The van der Waals surface area contributed by atoms with Crippen LogP contribution in [0.3, 0.4) is 0 Å². The molecule has 0 bridgehead atoms. The Morgan fingerprint density at radius 1 is 1.19 bits per heavy atom. The van der Waals surface area contributed by atoms with Gasteiger partial charge in [-0.3, -0.25) is 4.90 Å². The number of carbonyl (C=O) groups excluding carboxylic acids is 1. The molecule has 0 saturated carbocycles. The molecule has 0 aromatic heterocycles. The number of amides is 1. The predicted molar refractivity (Wildman–Crippen MR) is 103 cm³/mol. The molecule has 0 spiro atoms. The monoisotopic (exact) mass is 439 g/mol. The number of carboxylic acids is 1. The lowest BCUT2D eigenvalue weighted by Gasteiger charge is -2.32. The Balaban J connectivity index is 2.27. The van der Waals surface area contributed by atoms with Crippen LogP contribution in [-0.4, -0.2) is 28.1 Å². The van der Waals surface area contributed by atoms with Crippen LogP contribution in [0.25, 0.3) is 0 Å². The average Bonchev–Trinajstić information content (AvgIpc) is 2.60. The van der Waals surface area contributed by atoms with Crippen LogP contribution >= 0.6 is 27.5 Å². The fourth-order valence-electron chi connectivity index (χ4n) is 2.51. The number of hydrogen-bond acceptors (Lipinski definition) is 3. The van der Waals surface area contributed by atoms with Crippen molar-refractivity contribution in [1.29, 1.82) is 0 Å². The quantitative estimate of drug-likeness (QED) is 0.664. The lowest BCUT2D eigenvalue weighted by molar-refractivity contribution is -0.143. The van der Waals surface area contributed by atoms with Gasteiger partial charge in [-0.05, 0) is 53.0 Å². The van der Waals surface area contributed by atoms with E-state index in [9.17, 15) is 14.7 Å². The van der Waals surface area contributed by atoms with Gasteiger partial charge in [-0.1, -0.05) is 48.0 Å². The van der Waals surface area contributed by atoms with Gasteiger partial charge in [0.25, 0.3) is 0 Å². The van der Waals surface area contributed by atoms with Crippen molar-refractivity contribution < 1.29 is 19.4 Å². The molecule has 0 saturated heterocycles.